The molecule has 90 valence electrons. The van der Waals surface area contributed by atoms with Crippen molar-refractivity contribution >= 4 is 27.3 Å². The van der Waals surface area contributed by atoms with Crippen LogP contribution in [-0.4, -0.2) is 16.1 Å². The number of halogens is 1. The fourth-order valence-corrected chi connectivity index (χ4v) is 2.60. The van der Waals surface area contributed by atoms with Crippen LogP contribution in [0.3, 0.4) is 0 Å². The van der Waals surface area contributed by atoms with E-state index < -0.39 is 0 Å². The Labute approximate surface area is 113 Å². The molecule has 0 aliphatic heterocycles. The van der Waals surface area contributed by atoms with Crippen LogP contribution in [-0.2, 0) is 7.05 Å². The number of aromatic nitrogens is 2. The molecule has 2 aromatic heterocycles. The Morgan fingerprint density at radius 3 is 3.06 bits per heavy atom. The molecule has 0 bridgehead atoms. The van der Waals surface area contributed by atoms with Crippen molar-refractivity contribution in [3.05, 3.63) is 51.7 Å². The summed E-state index contributed by atoms with van der Waals surface area (Å²) in [5.41, 5.74) is 0. The van der Waals surface area contributed by atoms with Gasteiger partial charge in [-0.25, -0.2) is 4.98 Å². The van der Waals surface area contributed by atoms with Gasteiger partial charge in [-0.05, 0) is 11.4 Å². The molecular formula is C12H14BrN3S. The zero-order valence-corrected chi connectivity index (χ0v) is 12.0. The van der Waals surface area contributed by atoms with Crippen LogP contribution in [0, 0.1) is 0 Å². The number of nitrogens with zero attached hydrogens (tertiary/aromatic N) is 2. The van der Waals surface area contributed by atoms with E-state index in [9.17, 15) is 0 Å². The van der Waals surface area contributed by atoms with Crippen LogP contribution >= 0.6 is 27.3 Å². The predicted octanol–water partition coefficient (Wildman–Crippen LogP) is 3.07. The second-order valence-electron chi connectivity index (χ2n) is 3.74. The van der Waals surface area contributed by atoms with Gasteiger partial charge in [-0.3, -0.25) is 5.32 Å². The van der Waals surface area contributed by atoms with E-state index in [1.54, 1.807) is 11.3 Å². The highest BCUT2D eigenvalue weighted by Gasteiger charge is 2.18. The van der Waals surface area contributed by atoms with Crippen LogP contribution in [0.15, 0.2) is 41.0 Å². The lowest BCUT2D eigenvalue weighted by Crippen LogP contribution is -2.25. The lowest BCUT2D eigenvalue weighted by Gasteiger charge is -2.17. The SMILES string of the molecule is C=C(Br)CNC(c1cccs1)c1nccn1C. The van der Waals surface area contributed by atoms with Crippen molar-refractivity contribution in [2.24, 2.45) is 7.05 Å². The molecule has 1 atom stereocenters. The number of thiophene rings is 1. The van der Waals surface area contributed by atoms with Crippen LogP contribution < -0.4 is 5.32 Å². The van der Waals surface area contributed by atoms with E-state index >= 15 is 0 Å². The van der Waals surface area contributed by atoms with Crippen molar-refractivity contribution < 1.29 is 0 Å². The van der Waals surface area contributed by atoms with Gasteiger partial charge in [0.1, 0.15) is 11.9 Å². The second kappa shape index (κ2) is 5.62. The van der Waals surface area contributed by atoms with Crippen LogP contribution in [0.4, 0.5) is 0 Å². The van der Waals surface area contributed by atoms with Crippen molar-refractivity contribution in [3.63, 3.8) is 0 Å². The second-order valence-corrected chi connectivity index (χ2v) is 5.84. The summed E-state index contributed by atoms with van der Waals surface area (Å²) in [5, 5.41) is 5.52. The summed E-state index contributed by atoms with van der Waals surface area (Å²) in [6.07, 6.45) is 3.78. The van der Waals surface area contributed by atoms with Crippen LogP contribution in [0.2, 0.25) is 0 Å². The van der Waals surface area contributed by atoms with Crippen molar-refractivity contribution in [2.75, 3.05) is 6.54 Å². The molecule has 0 saturated carbocycles. The molecule has 0 spiro atoms. The average molecular weight is 312 g/mol. The molecule has 0 aromatic carbocycles. The van der Waals surface area contributed by atoms with Crippen molar-refractivity contribution in [1.82, 2.24) is 14.9 Å². The lowest BCUT2D eigenvalue weighted by molar-refractivity contribution is 0.598. The van der Waals surface area contributed by atoms with Crippen LogP contribution in [0.1, 0.15) is 16.7 Å². The average Bonchev–Trinajstić information content (AvgIpc) is 2.91. The molecule has 0 aliphatic rings. The molecule has 2 aromatic rings. The fraction of sp³-hybridized carbons (Fsp3) is 0.250. The zero-order chi connectivity index (χ0) is 12.3. The van der Waals surface area contributed by atoms with E-state index in [-0.39, 0.29) is 6.04 Å². The van der Waals surface area contributed by atoms with Gasteiger partial charge in [0.2, 0.25) is 0 Å². The minimum Gasteiger partial charge on any atom is -0.336 e. The third-order valence-corrected chi connectivity index (χ3v) is 3.66. The summed E-state index contributed by atoms with van der Waals surface area (Å²) in [6, 6.07) is 4.29. The van der Waals surface area contributed by atoms with Gasteiger partial charge in [-0.1, -0.05) is 28.6 Å². The molecule has 1 unspecified atom stereocenters. The molecule has 2 rings (SSSR count). The first-order chi connectivity index (χ1) is 8.18. The summed E-state index contributed by atoms with van der Waals surface area (Å²) < 4.78 is 2.97. The number of hydrogen-bond acceptors (Lipinski definition) is 3. The molecule has 0 fully saturated rings. The smallest absolute Gasteiger partial charge is 0.131 e. The standard InChI is InChI=1S/C12H14BrN3S/c1-9(13)8-15-11(10-4-3-7-17-10)12-14-5-6-16(12)2/h3-7,11,15H,1,8H2,2H3. The van der Waals surface area contributed by atoms with Gasteiger partial charge in [-0.15, -0.1) is 11.3 Å². The Hall–Kier alpha value is -0.910. The van der Waals surface area contributed by atoms with Crippen LogP contribution in [0.25, 0.3) is 0 Å². The topological polar surface area (TPSA) is 29.9 Å². The third-order valence-electron chi connectivity index (χ3n) is 2.44. The quantitative estimate of drug-likeness (QED) is 0.919. The maximum absolute atomic E-state index is 4.41. The van der Waals surface area contributed by atoms with E-state index in [0.717, 1.165) is 16.9 Å². The van der Waals surface area contributed by atoms with Crippen molar-refractivity contribution in [1.29, 1.82) is 0 Å². The number of aryl methyl sites for hydroxylation is 1. The van der Waals surface area contributed by atoms with Gasteiger partial charge in [-0.2, -0.15) is 0 Å². The fourth-order valence-electron chi connectivity index (χ4n) is 1.64. The molecule has 0 amide bonds. The monoisotopic (exact) mass is 311 g/mol. The highest BCUT2D eigenvalue weighted by atomic mass is 79.9. The molecule has 3 nitrogen and oxygen atoms in total. The highest BCUT2D eigenvalue weighted by molar-refractivity contribution is 9.11. The summed E-state index contributed by atoms with van der Waals surface area (Å²) in [6.45, 7) is 4.56. The minimum absolute atomic E-state index is 0.115. The maximum atomic E-state index is 4.41. The Morgan fingerprint density at radius 2 is 2.53 bits per heavy atom. The summed E-state index contributed by atoms with van der Waals surface area (Å²) in [5.74, 6) is 1.02. The van der Waals surface area contributed by atoms with E-state index in [1.807, 2.05) is 24.0 Å². The van der Waals surface area contributed by atoms with Gasteiger partial charge in [0.25, 0.3) is 0 Å². The third kappa shape index (κ3) is 3.06. The molecule has 1 N–H and O–H groups in total. The molecular weight excluding hydrogens is 298 g/mol. The van der Waals surface area contributed by atoms with Gasteiger partial charge < -0.3 is 4.57 Å². The number of hydrogen-bond donors (Lipinski definition) is 1. The molecule has 2 heterocycles. The van der Waals surface area contributed by atoms with Crippen molar-refractivity contribution in [2.45, 2.75) is 6.04 Å². The normalized spacial score (nSPS) is 12.6. The van der Waals surface area contributed by atoms with Gasteiger partial charge in [0.15, 0.2) is 0 Å². The van der Waals surface area contributed by atoms with Crippen LogP contribution in [0.5, 0.6) is 0 Å². The molecule has 0 saturated heterocycles. The van der Waals surface area contributed by atoms with E-state index in [4.69, 9.17) is 0 Å². The first kappa shape index (κ1) is 12.5. The maximum Gasteiger partial charge on any atom is 0.131 e. The molecule has 0 radical (unpaired) electrons. The minimum atomic E-state index is 0.115. The Bertz CT molecular complexity index is 490. The Morgan fingerprint density at radius 1 is 1.71 bits per heavy atom. The van der Waals surface area contributed by atoms with Crippen molar-refractivity contribution in [3.8, 4) is 0 Å². The predicted molar refractivity (Wildman–Crippen MR) is 75.4 cm³/mol. The van der Waals surface area contributed by atoms with Gasteiger partial charge >= 0.3 is 0 Å². The molecule has 17 heavy (non-hydrogen) atoms. The summed E-state index contributed by atoms with van der Waals surface area (Å²) >= 11 is 5.10. The first-order valence-corrected chi connectivity index (χ1v) is 6.93. The molecule has 5 heteroatoms. The molecule has 0 aliphatic carbocycles. The number of imidazole rings is 1. The highest BCUT2D eigenvalue weighted by Crippen LogP contribution is 2.24. The number of nitrogens with one attached hydrogen (secondary N) is 1. The van der Waals surface area contributed by atoms with E-state index in [0.29, 0.717) is 0 Å². The lowest BCUT2D eigenvalue weighted by atomic mass is 10.2. The zero-order valence-electron chi connectivity index (χ0n) is 9.56. The Kier molecular flexibility index (Phi) is 4.15. The summed E-state index contributed by atoms with van der Waals surface area (Å²) in [7, 11) is 2.01. The van der Waals surface area contributed by atoms with Gasteiger partial charge in [0.05, 0.1) is 0 Å². The van der Waals surface area contributed by atoms with E-state index in [1.165, 1.54) is 4.88 Å². The Balaban J connectivity index is 2.25. The van der Waals surface area contributed by atoms with E-state index in [2.05, 4.69) is 50.3 Å². The van der Waals surface area contributed by atoms with Gasteiger partial charge in [0, 0.05) is 35.3 Å². The first-order valence-electron chi connectivity index (χ1n) is 5.25. The number of rotatable bonds is 5. The largest absolute Gasteiger partial charge is 0.336 e. The summed E-state index contributed by atoms with van der Waals surface area (Å²) in [4.78, 5) is 5.67.